The topological polar surface area (TPSA) is 120 Å². The second-order valence-electron chi connectivity index (χ2n) is 9.57. The van der Waals surface area contributed by atoms with Gasteiger partial charge in [0.15, 0.2) is 0 Å². The Morgan fingerprint density at radius 1 is 1.00 bits per heavy atom. The van der Waals surface area contributed by atoms with E-state index >= 15 is 0 Å². The molecule has 3 saturated heterocycles. The molecular weight excluding hydrogens is 482 g/mol. The molecule has 0 radical (unpaired) electrons. The van der Waals surface area contributed by atoms with Crippen LogP contribution < -0.4 is 15.5 Å². The number of carbonyl (C=O) groups excluding carboxylic acids is 1. The average molecular weight is 516 g/mol. The number of amides is 1. The number of sulfonamides is 1. The summed E-state index contributed by atoms with van der Waals surface area (Å²) in [5.41, 5.74) is 1.39. The SMILES string of the molecule is CS(=O)(=O)N1CCC(NC(=O)c2ccc(Nc3ccnc(N4CCN(C5COC5)CC4)n3)cc2)CC1. The normalized spacial score (nSPS) is 20.6. The molecule has 2 N–H and O–H groups in total. The molecule has 0 bridgehead atoms. The zero-order valence-corrected chi connectivity index (χ0v) is 21.3. The number of piperazine rings is 1. The number of nitrogens with zero attached hydrogens (tertiary/aromatic N) is 5. The van der Waals surface area contributed by atoms with Crippen LogP contribution in [0.4, 0.5) is 17.5 Å². The van der Waals surface area contributed by atoms with E-state index < -0.39 is 10.0 Å². The van der Waals surface area contributed by atoms with Gasteiger partial charge < -0.3 is 20.3 Å². The standard InChI is InChI=1S/C24H33N7O4S/c1-36(33,34)31-10-7-20(8-11-31)27-23(32)18-2-4-19(5-3-18)26-22-6-9-25-24(28-22)30-14-12-29(13-15-30)21-16-35-17-21/h2-6,9,20-21H,7-8,10-17H2,1H3,(H,27,32)(H,25,26,28). The Bertz CT molecular complexity index is 1160. The number of rotatable bonds is 7. The summed E-state index contributed by atoms with van der Waals surface area (Å²) in [6, 6.07) is 9.60. The maximum atomic E-state index is 12.7. The Kier molecular flexibility index (Phi) is 7.37. The van der Waals surface area contributed by atoms with E-state index in [9.17, 15) is 13.2 Å². The van der Waals surface area contributed by atoms with Gasteiger partial charge in [-0.15, -0.1) is 0 Å². The fraction of sp³-hybridized carbons (Fsp3) is 0.542. The van der Waals surface area contributed by atoms with Crippen molar-refractivity contribution in [3.63, 3.8) is 0 Å². The molecule has 1 amide bonds. The molecular formula is C24H33N7O4S. The number of carbonyl (C=O) groups is 1. The lowest BCUT2D eigenvalue weighted by Gasteiger charge is -2.42. The van der Waals surface area contributed by atoms with Crippen LogP contribution in [0.25, 0.3) is 0 Å². The predicted molar refractivity (Wildman–Crippen MR) is 137 cm³/mol. The molecule has 1 aromatic carbocycles. The summed E-state index contributed by atoms with van der Waals surface area (Å²) in [5, 5.41) is 6.32. The largest absolute Gasteiger partial charge is 0.378 e. The van der Waals surface area contributed by atoms with Gasteiger partial charge in [-0.25, -0.2) is 17.7 Å². The highest BCUT2D eigenvalue weighted by Crippen LogP contribution is 2.20. The molecule has 11 nitrogen and oxygen atoms in total. The first-order chi connectivity index (χ1) is 17.3. The van der Waals surface area contributed by atoms with E-state index in [0.29, 0.717) is 49.3 Å². The number of benzene rings is 1. The van der Waals surface area contributed by atoms with Crippen molar-refractivity contribution in [1.82, 2.24) is 24.5 Å². The Morgan fingerprint density at radius 3 is 2.31 bits per heavy atom. The van der Waals surface area contributed by atoms with Crippen molar-refractivity contribution >= 4 is 33.4 Å². The van der Waals surface area contributed by atoms with E-state index in [4.69, 9.17) is 4.74 Å². The smallest absolute Gasteiger partial charge is 0.251 e. The zero-order valence-electron chi connectivity index (χ0n) is 20.5. The number of hydrogen-bond donors (Lipinski definition) is 2. The van der Waals surface area contributed by atoms with Crippen LogP contribution in [0, 0.1) is 0 Å². The van der Waals surface area contributed by atoms with Crippen LogP contribution in [0.3, 0.4) is 0 Å². The van der Waals surface area contributed by atoms with Gasteiger partial charge in [-0.05, 0) is 43.2 Å². The Morgan fingerprint density at radius 2 is 1.69 bits per heavy atom. The lowest BCUT2D eigenvalue weighted by atomic mass is 10.1. The molecule has 3 aliphatic heterocycles. The highest BCUT2D eigenvalue weighted by molar-refractivity contribution is 7.88. The van der Waals surface area contributed by atoms with Crippen molar-refractivity contribution in [1.29, 1.82) is 0 Å². The molecule has 0 spiro atoms. The van der Waals surface area contributed by atoms with E-state index in [1.807, 2.05) is 18.2 Å². The van der Waals surface area contributed by atoms with Crippen LogP contribution in [-0.4, -0.2) is 104 Å². The number of hydrogen-bond acceptors (Lipinski definition) is 9. The quantitative estimate of drug-likeness (QED) is 0.554. The Labute approximate surface area is 211 Å². The molecule has 194 valence electrons. The predicted octanol–water partition coefficient (Wildman–Crippen LogP) is 0.895. The van der Waals surface area contributed by atoms with Gasteiger partial charge in [0.2, 0.25) is 16.0 Å². The van der Waals surface area contributed by atoms with Crippen LogP contribution in [0.5, 0.6) is 0 Å². The lowest BCUT2D eigenvalue weighted by Crippen LogP contribution is -2.56. The zero-order chi connectivity index (χ0) is 25.1. The molecule has 36 heavy (non-hydrogen) atoms. The summed E-state index contributed by atoms with van der Waals surface area (Å²) in [6.07, 6.45) is 4.20. The second kappa shape index (κ2) is 10.7. The molecule has 1 aromatic heterocycles. The fourth-order valence-corrected chi connectivity index (χ4v) is 5.62. The minimum Gasteiger partial charge on any atom is -0.378 e. The third-order valence-electron chi connectivity index (χ3n) is 7.05. The van der Waals surface area contributed by atoms with E-state index in [-0.39, 0.29) is 11.9 Å². The molecule has 0 unspecified atom stereocenters. The first-order valence-corrected chi connectivity index (χ1v) is 14.2. The van der Waals surface area contributed by atoms with Crippen molar-refractivity contribution in [3.8, 4) is 0 Å². The lowest BCUT2D eigenvalue weighted by molar-refractivity contribution is -0.0661. The molecule has 2 aromatic rings. The van der Waals surface area contributed by atoms with E-state index in [1.165, 1.54) is 10.6 Å². The minimum absolute atomic E-state index is 0.0309. The second-order valence-corrected chi connectivity index (χ2v) is 11.6. The highest BCUT2D eigenvalue weighted by Gasteiger charge is 2.29. The van der Waals surface area contributed by atoms with E-state index in [0.717, 1.165) is 45.1 Å². The average Bonchev–Trinajstić information content (AvgIpc) is 2.84. The van der Waals surface area contributed by atoms with Crippen LogP contribution in [0.2, 0.25) is 0 Å². The van der Waals surface area contributed by atoms with Crippen molar-refractivity contribution in [2.24, 2.45) is 0 Å². The fourth-order valence-electron chi connectivity index (χ4n) is 4.74. The van der Waals surface area contributed by atoms with E-state index in [2.05, 4.69) is 30.4 Å². The molecule has 0 aliphatic carbocycles. The maximum absolute atomic E-state index is 12.7. The third kappa shape index (κ3) is 5.94. The first kappa shape index (κ1) is 24.9. The van der Waals surface area contributed by atoms with Crippen LogP contribution in [0.1, 0.15) is 23.2 Å². The summed E-state index contributed by atoms with van der Waals surface area (Å²) in [4.78, 5) is 26.5. The Balaban J connectivity index is 1.12. The van der Waals surface area contributed by atoms with Gasteiger partial charge in [-0.3, -0.25) is 9.69 Å². The highest BCUT2D eigenvalue weighted by atomic mass is 32.2. The van der Waals surface area contributed by atoms with Gasteiger partial charge in [-0.2, -0.15) is 4.98 Å². The van der Waals surface area contributed by atoms with Crippen molar-refractivity contribution < 1.29 is 17.9 Å². The molecule has 3 aliphatic rings. The first-order valence-electron chi connectivity index (χ1n) is 12.4. The maximum Gasteiger partial charge on any atom is 0.251 e. The van der Waals surface area contributed by atoms with Gasteiger partial charge in [0.05, 0.1) is 25.5 Å². The van der Waals surface area contributed by atoms with Gasteiger partial charge in [0.1, 0.15) is 5.82 Å². The minimum atomic E-state index is -3.18. The summed E-state index contributed by atoms with van der Waals surface area (Å²) in [5.74, 6) is 1.25. The molecule has 4 heterocycles. The van der Waals surface area contributed by atoms with E-state index in [1.54, 1.807) is 18.3 Å². The van der Waals surface area contributed by atoms with Crippen LogP contribution >= 0.6 is 0 Å². The van der Waals surface area contributed by atoms with Gasteiger partial charge in [0, 0.05) is 62.8 Å². The third-order valence-corrected chi connectivity index (χ3v) is 8.36. The molecule has 0 saturated carbocycles. The Hall–Kier alpha value is -2.80. The number of piperidine rings is 1. The molecule has 5 rings (SSSR count). The number of anilines is 3. The summed E-state index contributed by atoms with van der Waals surface area (Å²) in [6.45, 7) is 6.26. The van der Waals surface area contributed by atoms with Gasteiger partial charge >= 0.3 is 0 Å². The van der Waals surface area contributed by atoms with Crippen molar-refractivity contribution in [3.05, 3.63) is 42.1 Å². The number of ether oxygens (including phenoxy) is 1. The van der Waals surface area contributed by atoms with Crippen molar-refractivity contribution in [2.45, 2.75) is 24.9 Å². The molecule has 12 heteroatoms. The monoisotopic (exact) mass is 515 g/mol. The number of nitrogens with one attached hydrogen (secondary N) is 2. The molecule has 0 atom stereocenters. The van der Waals surface area contributed by atoms with Gasteiger partial charge in [0.25, 0.3) is 5.91 Å². The van der Waals surface area contributed by atoms with Crippen LogP contribution in [-0.2, 0) is 14.8 Å². The van der Waals surface area contributed by atoms with Gasteiger partial charge in [-0.1, -0.05) is 0 Å². The summed E-state index contributed by atoms with van der Waals surface area (Å²) >= 11 is 0. The summed E-state index contributed by atoms with van der Waals surface area (Å²) in [7, 11) is -3.18. The van der Waals surface area contributed by atoms with Crippen LogP contribution in [0.15, 0.2) is 36.5 Å². The number of aromatic nitrogens is 2. The molecule has 3 fully saturated rings. The van der Waals surface area contributed by atoms with Crippen molar-refractivity contribution in [2.75, 3.05) is 69.0 Å². The summed E-state index contributed by atoms with van der Waals surface area (Å²) < 4.78 is 30.1.